The van der Waals surface area contributed by atoms with Gasteiger partial charge in [-0.25, -0.2) is 14.6 Å². The summed E-state index contributed by atoms with van der Waals surface area (Å²) in [5.41, 5.74) is -0.0788. The van der Waals surface area contributed by atoms with Gasteiger partial charge in [0.1, 0.15) is 5.69 Å². The monoisotopic (exact) mass is 237 g/mol. The number of rotatable bonds is 2. The molecule has 1 aromatic rings. The van der Waals surface area contributed by atoms with Gasteiger partial charge < -0.3 is 15.7 Å². The average Bonchev–Trinajstić information content (AvgIpc) is 2.14. The average molecular weight is 237 g/mol. The zero-order chi connectivity index (χ0) is 13.1. The van der Waals surface area contributed by atoms with E-state index in [-0.39, 0.29) is 17.3 Å². The van der Waals surface area contributed by atoms with Crippen LogP contribution in [0.4, 0.5) is 10.5 Å². The largest absolute Gasteiger partial charge is 0.477 e. The van der Waals surface area contributed by atoms with Crippen LogP contribution in [-0.2, 0) is 0 Å². The molecule has 1 aromatic heterocycles. The third-order valence-electron chi connectivity index (χ3n) is 1.73. The zero-order valence-corrected chi connectivity index (χ0v) is 9.94. The van der Waals surface area contributed by atoms with E-state index in [4.69, 9.17) is 5.11 Å². The molecule has 0 saturated heterocycles. The predicted octanol–water partition coefficient (Wildman–Crippen LogP) is 1.70. The molecule has 92 valence electrons. The van der Waals surface area contributed by atoms with Crippen LogP contribution in [0.15, 0.2) is 18.3 Å². The van der Waals surface area contributed by atoms with E-state index in [1.54, 1.807) is 0 Å². The van der Waals surface area contributed by atoms with Gasteiger partial charge in [-0.15, -0.1) is 0 Å². The third-order valence-corrected chi connectivity index (χ3v) is 1.73. The summed E-state index contributed by atoms with van der Waals surface area (Å²) in [4.78, 5) is 25.8. The summed E-state index contributed by atoms with van der Waals surface area (Å²) in [5, 5.41) is 14.0. The normalized spacial score (nSPS) is 10.8. The molecule has 0 atom stereocenters. The van der Waals surface area contributed by atoms with Crippen molar-refractivity contribution in [2.75, 3.05) is 5.32 Å². The second kappa shape index (κ2) is 4.82. The van der Waals surface area contributed by atoms with Gasteiger partial charge in [0, 0.05) is 17.4 Å². The number of hydrogen-bond acceptors (Lipinski definition) is 3. The van der Waals surface area contributed by atoms with Gasteiger partial charge in [0.25, 0.3) is 0 Å². The van der Waals surface area contributed by atoms with Crippen molar-refractivity contribution in [2.45, 2.75) is 26.3 Å². The summed E-state index contributed by atoms with van der Waals surface area (Å²) in [6, 6.07) is 2.43. The Hall–Kier alpha value is -2.11. The van der Waals surface area contributed by atoms with Crippen LogP contribution < -0.4 is 10.6 Å². The van der Waals surface area contributed by atoms with Gasteiger partial charge in [0.15, 0.2) is 0 Å². The van der Waals surface area contributed by atoms with Crippen molar-refractivity contribution >= 4 is 17.7 Å². The lowest BCUT2D eigenvalue weighted by Crippen LogP contribution is -2.43. The SMILES string of the molecule is CC(C)(C)NC(=O)Nc1ccnc(C(=O)O)c1. The van der Waals surface area contributed by atoms with Crippen LogP contribution in [-0.4, -0.2) is 27.6 Å². The summed E-state index contributed by atoms with van der Waals surface area (Å²) < 4.78 is 0. The number of aromatic carboxylic acids is 1. The summed E-state index contributed by atoms with van der Waals surface area (Å²) in [5.74, 6) is -1.13. The third kappa shape index (κ3) is 4.50. The Morgan fingerprint density at radius 1 is 1.35 bits per heavy atom. The van der Waals surface area contributed by atoms with E-state index in [9.17, 15) is 9.59 Å². The fourth-order valence-corrected chi connectivity index (χ4v) is 1.13. The van der Waals surface area contributed by atoms with Crippen molar-refractivity contribution in [3.8, 4) is 0 Å². The molecule has 0 aliphatic rings. The summed E-state index contributed by atoms with van der Waals surface area (Å²) in [6.07, 6.45) is 1.33. The number of carboxylic acids is 1. The Morgan fingerprint density at radius 3 is 2.53 bits per heavy atom. The maximum Gasteiger partial charge on any atom is 0.354 e. The molecule has 0 unspecified atom stereocenters. The lowest BCUT2D eigenvalue weighted by molar-refractivity contribution is 0.0690. The first kappa shape index (κ1) is 13.0. The molecule has 6 nitrogen and oxygen atoms in total. The molecule has 1 rings (SSSR count). The molecule has 2 amide bonds. The zero-order valence-electron chi connectivity index (χ0n) is 9.94. The molecule has 6 heteroatoms. The molecule has 0 radical (unpaired) electrons. The van der Waals surface area contributed by atoms with Crippen LogP contribution in [0.1, 0.15) is 31.3 Å². The van der Waals surface area contributed by atoms with E-state index < -0.39 is 5.97 Å². The number of aromatic nitrogens is 1. The standard InChI is InChI=1S/C11H15N3O3/c1-11(2,3)14-10(17)13-7-4-5-12-8(6-7)9(15)16/h4-6H,1-3H3,(H,15,16)(H2,12,13,14,17). The predicted molar refractivity (Wildman–Crippen MR) is 63.1 cm³/mol. The van der Waals surface area contributed by atoms with E-state index in [2.05, 4.69) is 15.6 Å². The molecule has 17 heavy (non-hydrogen) atoms. The van der Waals surface area contributed by atoms with E-state index in [0.717, 1.165) is 0 Å². The summed E-state index contributed by atoms with van der Waals surface area (Å²) in [6.45, 7) is 5.55. The quantitative estimate of drug-likeness (QED) is 0.730. The molecule has 0 aliphatic carbocycles. The fourth-order valence-electron chi connectivity index (χ4n) is 1.13. The first-order valence-corrected chi connectivity index (χ1v) is 5.06. The number of carbonyl (C=O) groups is 2. The Labute approximate surface area is 99.1 Å². The molecule has 0 fully saturated rings. The fraction of sp³-hybridized carbons (Fsp3) is 0.364. The van der Waals surface area contributed by atoms with E-state index >= 15 is 0 Å². The van der Waals surface area contributed by atoms with Gasteiger partial charge in [-0.3, -0.25) is 0 Å². The number of carboxylic acid groups (broad SMARTS) is 1. The number of nitrogens with zero attached hydrogens (tertiary/aromatic N) is 1. The Kier molecular flexibility index (Phi) is 3.67. The smallest absolute Gasteiger partial charge is 0.354 e. The molecule has 0 bridgehead atoms. The Balaban J connectivity index is 2.72. The van der Waals surface area contributed by atoms with Crippen molar-refractivity contribution in [1.82, 2.24) is 10.3 Å². The molecular formula is C11H15N3O3. The highest BCUT2D eigenvalue weighted by atomic mass is 16.4. The number of hydrogen-bond donors (Lipinski definition) is 3. The van der Waals surface area contributed by atoms with Crippen LogP contribution >= 0.6 is 0 Å². The van der Waals surface area contributed by atoms with Crippen LogP contribution in [0, 0.1) is 0 Å². The van der Waals surface area contributed by atoms with Crippen LogP contribution in [0.3, 0.4) is 0 Å². The maximum atomic E-state index is 11.5. The highest BCUT2D eigenvalue weighted by Crippen LogP contribution is 2.08. The highest BCUT2D eigenvalue weighted by molar-refractivity contribution is 5.92. The minimum Gasteiger partial charge on any atom is -0.477 e. The van der Waals surface area contributed by atoms with Gasteiger partial charge in [-0.05, 0) is 32.9 Å². The minimum atomic E-state index is -1.13. The first-order valence-electron chi connectivity index (χ1n) is 5.06. The highest BCUT2D eigenvalue weighted by Gasteiger charge is 2.14. The second-order valence-corrected chi connectivity index (χ2v) is 4.56. The number of pyridine rings is 1. The van der Waals surface area contributed by atoms with E-state index in [1.165, 1.54) is 18.3 Å². The lowest BCUT2D eigenvalue weighted by atomic mass is 10.1. The number of carbonyl (C=O) groups excluding carboxylic acids is 1. The van der Waals surface area contributed by atoms with Crippen molar-refractivity contribution in [3.05, 3.63) is 24.0 Å². The lowest BCUT2D eigenvalue weighted by Gasteiger charge is -2.20. The van der Waals surface area contributed by atoms with Crippen LogP contribution in [0.2, 0.25) is 0 Å². The maximum absolute atomic E-state index is 11.5. The van der Waals surface area contributed by atoms with Crippen molar-refractivity contribution < 1.29 is 14.7 Å². The number of nitrogens with one attached hydrogen (secondary N) is 2. The van der Waals surface area contributed by atoms with E-state index in [1.807, 2.05) is 20.8 Å². The molecule has 0 saturated carbocycles. The number of amides is 2. The molecule has 0 aliphatic heterocycles. The summed E-state index contributed by atoms with van der Waals surface area (Å²) >= 11 is 0. The number of urea groups is 1. The van der Waals surface area contributed by atoms with Gasteiger partial charge in [-0.1, -0.05) is 0 Å². The molecule has 0 aromatic carbocycles. The second-order valence-electron chi connectivity index (χ2n) is 4.56. The van der Waals surface area contributed by atoms with Gasteiger partial charge >= 0.3 is 12.0 Å². The molecule has 0 spiro atoms. The molecular weight excluding hydrogens is 222 g/mol. The Morgan fingerprint density at radius 2 is 2.00 bits per heavy atom. The van der Waals surface area contributed by atoms with Crippen molar-refractivity contribution in [2.24, 2.45) is 0 Å². The van der Waals surface area contributed by atoms with E-state index in [0.29, 0.717) is 5.69 Å². The Bertz CT molecular complexity index is 438. The van der Waals surface area contributed by atoms with Crippen molar-refractivity contribution in [1.29, 1.82) is 0 Å². The topological polar surface area (TPSA) is 91.3 Å². The van der Waals surface area contributed by atoms with Crippen LogP contribution in [0.25, 0.3) is 0 Å². The molecule has 1 heterocycles. The van der Waals surface area contributed by atoms with Crippen molar-refractivity contribution in [3.63, 3.8) is 0 Å². The molecule has 3 N–H and O–H groups in total. The van der Waals surface area contributed by atoms with Gasteiger partial charge in [-0.2, -0.15) is 0 Å². The number of anilines is 1. The summed E-state index contributed by atoms with van der Waals surface area (Å²) in [7, 11) is 0. The van der Waals surface area contributed by atoms with Gasteiger partial charge in [0.2, 0.25) is 0 Å². The van der Waals surface area contributed by atoms with Crippen LogP contribution in [0.5, 0.6) is 0 Å². The first-order chi connectivity index (χ1) is 7.78. The van der Waals surface area contributed by atoms with Gasteiger partial charge in [0.05, 0.1) is 0 Å². The minimum absolute atomic E-state index is 0.112.